The fourth-order valence-corrected chi connectivity index (χ4v) is 8.10. The zero-order valence-electron chi connectivity index (χ0n) is 36.9. The van der Waals surface area contributed by atoms with Gasteiger partial charge in [-0.15, -0.1) is 0 Å². The van der Waals surface area contributed by atoms with E-state index in [2.05, 4.69) is 59.4 Å². The number of alkyl carbamates (subject to hydrolysis) is 2. The number of ether oxygens (including phenoxy) is 2. The van der Waals surface area contributed by atoms with Gasteiger partial charge < -0.3 is 35.6 Å². The molecule has 0 radical (unpaired) electrons. The SMILES string of the molecule is CC(C)C[C@@H](/C=C/[C@H](Cc1ccccc1)C(=O)N1CCC[C@H]1NC(=O)[C@@H](CCCNC(=O)OCC1c2ccccc2-c2ccccc21)C(=O)NC(C)C)NC(=O)OC(C)(C)C. The second-order valence-electron chi connectivity index (χ2n) is 17.9. The van der Waals surface area contributed by atoms with E-state index >= 15 is 0 Å². The highest BCUT2D eigenvalue weighted by Gasteiger charge is 2.36. The van der Waals surface area contributed by atoms with Gasteiger partial charge in [-0.2, -0.15) is 0 Å². The van der Waals surface area contributed by atoms with Crippen molar-refractivity contribution in [3.05, 3.63) is 108 Å². The summed E-state index contributed by atoms with van der Waals surface area (Å²) in [7, 11) is 0. The van der Waals surface area contributed by atoms with Crippen LogP contribution in [0.3, 0.4) is 0 Å². The fourth-order valence-electron chi connectivity index (χ4n) is 8.10. The van der Waals surface area contributed by atoms with Crippen molar-refractivity contribution < 1.29 is 33.4 Å². The van der Waals surface area contributed by atoms with E-state index < -0.39 is 47.6 Å². The van der Waals surface area contributed by atoms with Crippen LogP contribution in [0.5, 0.6) is 0 Å². The normalized spacial score (nSPS) is 16.4. The second-order valence-corrected chi connectivity index (χ2v) is 17.9. The molecule has 12 nitrogen and oxygen atoms in total. The van der Waals surface area contributed by atoms with Crippen molar-refractivity contribution in [3.63, 3.8) is 0 Å². The number of rotatable bonds is 18. The van der Waals surface area contributed by atoms with Gasteiger partial charge in [-0.1, -0.05) is 105 Å². The molecule has 61 heavy (non-hydrogen) atoms. The predicted octanol–water partition coefficient (Wildman–Crippen LogP) is 7.87. The minimum Gasteiger partial charge on any atom is -0.449 e. The van der Waals surface area contributed by atoms with Crippen LogP contribution in [0, 0.1) is 17.8 Å². The molecule has 0 saturated carbocycles. The number of nitrogens with zero attached hydrogens (tertiary/aromatic N) is 1. The summed E-state index contributed by atoms with van der Waals surface area (Å²) < 4.78 is 11.2. The fraction of sp³-hybridized carbons (Fsp3) is 0.490. The molecule has 0 aromatic heterocycles. The van der Waals surface area contributed by atoms with E-state index in [9.17, 15) is 24.0 Å². The maximum absolute atomic E-state index is 14.4. The molecule has 5 rings (SSSR count). The van der Waals surface area contributed by atoms with Gasteiger partial charge in [0, 0.05) is 25.0 Å². The van der Waals surface area contributed by atoms with Crippen molar-refractivity contribution >= 4 is 29.9 Å². The molecule has 328 valence electrons. The number of carbonyl (C=O) groups is 5. The van der Waals surface area contributed by atoms with E-state index in [0.717, 1.165) is 27.8 Å². The molecule has 1 aliphatic carbocycles. The van der Waals surface area contributed by atoms with Crippen LogP contribution in [0.25, 0.3) is 11.1 Å². The van der Waals surface area contributed by atoms with Gasteiger partial charge in [-0.05, 0) is 107 Å². The summed E-state index contributed by atoms with van der Waals surface area (Å²) in [5, 5.41) is 11.7. The number of amides is 5. The summed E-state index contributed by atoms with van der Waals surface area (Å²) in [6, 6.07) is 25.5. The lowest BCUT2D eigenvalue weighted by Crippen LogP contribution is -2.52. The van der Waals surface area contributed by atoms with Crippen molar-refractivity contribution in [1.82, 2.24) is 26.2 Å². The molecule has 5 amide bonds. The van der Waals surface area contributed by atoms with E-state index in [4.69, 9.17) is 9.47 Å². The molecule has 1 heterocycles. The van der Waals surface area contributed by atoms with Gasteiger partial charge in [0.05, 0.1) is 12.0 Å². The number of hydrogen-bond donors (Lipinski definition) is 4. The van der Waals surface area contributed by atoms with Crippen molar-refractivity contribution in [2.45, 2.75) is 117 Å². The Morgan fingerprint density at radius 2 is 1.44 bits per heavy atom. The van der Waals surface area contributed by atoms with Crippen molar-refractivity contribution in [2.75, 3.05) is 19.7 Å². The first-order chi connectivity index (χ1) is 29.1. The Labute approximate surface area is 361 Å². The maximum Gasteiger partial charge on any atom is 0.408 e. The summed E-state index contributed by atoms with van der Waals surface area (Å²) in [4.78, 5) is 69.2. The number of carbonyl (C=O) groups excluding carboxylic acids is 5. The molecule has 0 bridgehead atoms. The third-order valence-electron chi connectivity index (χ3n) is 10.8. The average molecular weight is 836 g/mol. The van der Waals surface area contributed by atoms with Crippen LogP contribution in [-0.2, 0) is 30.3 Å². The van der Waals surface area contributed by atoms with Gasteiger partial charge in [0.1, 0.15) is 24.3 Å². The zero-order chi connectivity index (χ0) is 44.1. The Morgan fingerprint density at radius 3 is 2.07 bits per heavy atom. The molecule has 1 aliphatic heterocycles. The lowest BCUT2D eigenvalue weighted by atomic mass is 9.95. The van der Waals surface area contributed by atoms with Crippen LogP contribution >= 0.6 is 0 Å². The van der Waals surface area contributed by atoms with E-state index in [1.807, 2.05) is 101 Å². The molecule has 12 heteroatoms. The molecule has 0 unspecified atom stereocenters. The standard InChI is InChI=1S/C49H65N5O7/c1-32(2)29-36(52-48(59)61-49(5,6)7)26-25-35(30-34-17-9-8-10-18-34)46(57)54-28-16-24-43(54)53-45(56)41(44(55)51-33(3)4)23-15-27-50-47(58)60-31-42-39-21-13-11-19-37(39)38-20-12-14-22-40(38)42/h8-14,17-22,25-26,32-33,35-36,41-43H,15-16,23-24,27-31H2,1-7H3,(H,50,58)(H,51,55)(H,52,59)(H,53,56)/b26-25+/t35-,36-,41+,43+/m1/s1. The van der Waals surface area contributed by atoms with Gasteiger partial charge >= 0.3 is 12.2 Å². The summed E-state index contributed by atoms with van der Waals surface area (Å²) in [5.74, 6) is -2.48. The molecule has 4 N–H and O–H groups in total. The van der Waals surface area contributed by atoms with Gasteiger partial charge in [0.25, 0.3) is 0 Å². The van der Waals surface area contributed by atoms with Crippen LogP contribution in [0.2, 0.25) is 0 Å². The van der Waals surface area contributed by atoms with Crippen LogP contribution in [0.1, 0.15) is 103 Å². The first-order valence-corrected chi connectivity index (χ1v) is 21.8. The van der Waals surface area contributed by atoms with Crippen LogP contribution in [0.4, 0.5) is 9.59 Å². The topological polar surface area (TPSA) is 155 Å². The van der Waals surface area contributed by atoms with Gasteiger partial charge in [0.2, 0.25) is 17.7 Å². The van der Waals surface area contributed by atoms with Gasteiger partial charge in [0.15, 0.2) is 0 Å². The highest BCUT2D eigenvalue weighted by atomic mass is 16.6. The Bertz CT molecular complexity index is 1950. The second kappa shape index (κ2) is 21.7. The van der Waals surface area contributed by atoms with Crippen LogP contribution in [0.15, 0.2) is 91.0 Å². The summed E-state index contributed by atoms with van der Waals surface area (Å²) in [6.07, 6.45) is 4.85. The number of benzene rings is 3. The number of likely N-dealkylation sites (tertiary alicyclic amines) is 1. The van der Waals surface area contributed by atoms with Crippen molar-refractivity contribution in [2.24, 2.45) is 17.8 Å². The Hall–Kier alpha value is -5.65. The third-order valence-corrected chi connectivity index (χ3v) is 10.8. The lowest BCUT2D eigenvalue weighted by molar-refractivity contribution is -0.139. The first kappa shape index (κ1) is 46.4. The molecular weight excluding hydrogens is 771 g/mol. The molecule has 4 atom stereocenters. The smallest absolute Gasteiger partial charge is 0.408 e. The number of hydrogen-bond acceptors (Lipinski definition) is 7. The third kappa shape index (κ3) is 13.7. The number of nitrogens with one attached hydrogen (secondary N) is 4. The Kier molecular flexibility index (Phi) is 16.5. The highest BCUT2D eigenvalue weighted by Crippen LogP contribution is 2.44. The number of fused-ring (bicyclic) bond motifs is 3. The van der Waals surface area contributed by atoms with E-state index in [1.165, 1.54) is 0 Å². The molecule has 1 fully saturated rings. The van der Waals surface area contributed by atoms with Gasteiger partial charge in [-0.25, -0.2) is 9.59 Å². The van der Waals surface area contributed by atoms with Crippen molar-refractivity contribution in [3.8, 4) is 11.1 Å². The zero-order valence-corrected chi connectivity index (χ0v) is 36.9. The van der Waals surface area contributed by atoms with Crippen LogP contribution < -0.4 is 21.3 Å². The Morgan fingerprint density at radius 1 is 0.803 bits per heavy atom. The molecule has 0 spiro atoms. The average Bonchev–Trinajstić information content (AvgIpc) is 3.79. The first-order valence-electron chi connectivity index (χ1n) is 21.8. The van der Waals surface area contributed by atoms with Gasteiger partial charge in [-0.3, -0.25) is 14.4 Å². The Balaban J connectivity index is 1.21. The molecule has 3 aromatic carbocycles. The lowest BCUT2D eigenvalue weighted by Gasteiger charge is -2.30. The minimum atomic E-state index is -1.04. The highest BCUT2D eigenvalue weighted by molar-refractivity contribution is 6.00. The molecule has 3 aromatic rings. The van der Waals surface area contributed by atoms with E-state index in [0.29, 0.717) is 38.6 Å². The van der Waals surface area contributed by atoms with E-state index in [-0.39, 0.29) is 49.4 Å². The summed E-state index contributed by atoms with van der Waals surface area (Å²) >= 11 is 0. The quantitative estimate of drug-likeness (QED) is 0.0578. The largest absolute Gasteiger partial charge is 0.449 e. The molecular formula is C49H65N5O7. The van der Waals surface area contributed by atoms with E-state index in [1.54, 1.807) is 4.90 Å². The van der Waals surface area contributed by atoms with Crippen LogP contribution in [-0.4, -0.2) is 78.4 Å². The predicted molar refractivity (Wildman–Crippen MR) is 237 cm³/mol. The monoisotopic (exact) mass is 835 g/mol. The summed E-state index contributed by atoms with van der Waals surface area (Å²) in [5.41, 5.74) is 4.84. The summed E-state index contributed by atoms with van der Waals surface area (Å²) in [6.45, 7) is 14.1. The maximum atomic E-state index is 14.4. The van der Waals surface area contributed by atoms with Crippen molar-refractivity contribution in [1.29, 1.82) is 0 Å². The minimum absolute atomic E-state index is 0.0689. The molecule has 2 aliphatic rings. The molecule has 1 saturated heterocycles.